The lowest BCUT2D eigenvalue weighted by molar-refractivity contribution is 0.204. The largest absolute Gasteiger partial charge is 0.383 e. The van der Waals surface area contributed by atoms with Crippen molar-refractivity contribution in [3.8, 4) is 0 Å². The molecule has 4 heterocycles. The van der Waals surface area contributed by atoms with Crippen molar-refractivity contribution >= 4 is 28.2 Å². The lowest BCUT2D eigenvalue weighted by Crippen LogP contribution is -2.32. The van der Waals surface area contributed by atoms with Gasteiger partial charge in [0, 0.05) is 49.8 Å². The van der Waals surface area contributed by atoms with Crippen LogP contribution in [0.3, 0.4) is 0 Å². The van der Waals surface area contributed by atoms with Gasteiger partial charge in [-0.3, -0.25) is 4.90 Å². The van der Waals surface area contributed by atoms with Crippen molar-refractivity contribution < 1.29 is 4.74 Å². The highest BCUT2D eigenvalue weighted by molar-refractivity contribution is 7.09. The Morgan fingerprint density at radius 3 is 2.77 bits per heavy atom. The maximum absolute atomic E-state index is 5.29. The molecule has 0 spiro atoms. The Hall–Kier alpha value is -1.96. The lowest BCUT2D eigenvalue weighted by Gasteiger charge is -2.32. The third kappa shape index (κ3) is 4.53. The van der Waals surface area contributed by atoms with Gasteiger partial charge in [0.05, 0.1) is 18.5 Å². The predicted octanol–water partition coefficient (Wildman–Crippen LogP) is 4.54. The van der Waals surface area contributed by atoms with Crippen molar-refractivity contribution in [2.45, 2.75) is 45.2 Å². The molecule has 6 nitrogen and oxygen atoms in total. The Labute approximate surface area is 183 Å². The number of likely N-dealkylation sites (N-methyl/N-ethyl adjacent to an activating group) is 1. The van der Waals surface area contributed by atoms with E-state index in [9.17, 15) is 0 Å². The standard InChI is InChI=1S/C23H33N5OS/c1-17(2)28-16-24-22-21(28)14-20(25-23(22)26(3)11-12-29-4)18-7-9-27(10-8-18)15-19-6-5-13-30-19/h5-6,13-14,16-18H,7-12,15H2,1-4H3. The van der Waals surface area contributed by atoms with Gasteiger partial charge < -0.3 is 14.2 Å². The van der Waals surface area contributed by atoms with E-state index < -0.39 is 0 Å². The fourth-order valence-corrected chi connectivity index (χ4v) is 5.01. The van der Waals surface area contributed by atoms with Gasteiger partial charge in [0.1, 0.15) is 5.52 Å². The molecule has 0 aliphatic carbocycles. The van der Waals surface area contributed by atoms with Gasteiger partial charge in [-0.25, -0.2) is 9.97 Å². The summed E-state index contributed by atoms with van der Waals surface area (Å²) in [5.41, 5.74) is 3.39. The highest BCUT2D eigenvalue weighted by Crippen LogP contribution is 2.33. The summed E-state index contributed by atoms with van der Waals surface area (Å²) in [7, 11) is 3.83. The van der Waals surface area contributed by atoms with Crippen LogP contribution in [0.15, 0.2) is 29.9 Å². The second-order valence-corrected chi connectivity index (χ2v) is 9.56. The van der Waals surface area contributed by atoms with Crippen LogP contribution in [-0.2, 0) is 11.3 Å². The summed E-state index contributed by atoms with van der Waals surface area (Å²) in [6.07, 6.45) is 4.26. The third-order valence-electron chi connectivity index (χ3n) is 6.08. The van der Waals surface area contributed by atoms with E-state index in [1.165, 1.54) is 16.1 Å². The number of thiophene rings is 1. The SMILES string of the molecule is COCCN(C)c1nc(C2CCN(Cc3cccs3)CC2)cc2c1ncn2C(C)C. The highest BCUT2D eigenvalue weighted by Gasteiger charge is 2.25. The molecule has 0 N–H and O–H groups in total. The van der Waals surface area contributed by atoms with Crippen LogP contribution >= 0.6 is 11.3 Å². The lowest BCUT2D eigenvalue weighted by atomic mass is 9.92. The van der Waals surface area contributed by atoms with E-state index in [2.05, 4.69) is 58.8 Å². The predicted molar refractivity (Wildman–Crippen MR) is 125 cm³/mol. The van der Waals surface area contributed by atoms with E-state index in [-0.39, 0.29) is 0 Å². The Kier molecular flexibility index (Phi) is 6.71. The molecule has 0 amide bonds. The monoisotopic (exact) mass is 427 g/mol. The molecule has 0 bridgehead atoms. The molecule has 1 saturated heterocycles. The van der Waals surface area contributed by atoms with Crippen molar-refractivity contribution in [3.63, 3.8) is 0 Å². The number of aromatic nitrogens is 3. The second-order valence-electron chi connectivity index (χ2n) is 8.53. The molecule has 7 heteroatoms. The Bertz CT molecular complexity index is 944. The molecule has 1 aliphatic rings. The van der Waals surface area contributed by atoms with Gasteiger partial charge in [-0.15, -0.1) is 11.3 Å². The van der Waals surface area contributed by atoms with Crippen molar-refractivity contribution in [1.29, 1.82) is 0 Å². The van der Waals surface area contributed by atoms with Gasteiger partial charge in [0.25, 0.3) is 0 Å². The highest BCUT2D eigenvalue weighted by atomic mass is 32.1. The summed E-state index contributed by atoms with van der Waals surface area (Å²) >= 11 is 1.85. The fourth-order valence-electron chi connectivity index (χ4n) is 4.26. The maximum Gasteiger partial charge on any atom is 0.156 e. The van der Waals surface area contributed by atoms with E-state index in [1.54, 1.807) is 7.11 Å². The van der Waals surface area contributed by atoms with Crippen LogP contribution in [-0.4, -0.2) is 59.8 Å². The van der Waals surface area contributed by atoms with Crippen molar-refractivity contribution in [2.24, 2.45) is 0 Å². The number of hydrogen-bond donors (Lipinski definition) is 0. The van der Waals surface area contributed by atoms with Gasteiger partial charge >= 0.3 is 0 Å². The van der Waals surface area contributed by atoms with Gasteiger partial charge in [0.2, 0.25) is 0 Å². The van der Waals surface area contributed by atoms with Crippen LogP contribution in [0.5, 0.6) is 0 Å². The van der Waals surface area contributed by atoms with Crippen LogP contribution in [0, 0.1) is 0 Å². The molecule has 3 aromatic heterocycles. The molecular weight excluding hydrogens is 394 g/mol. The van der Waals surface area contributed by atoms with Crippen LogP contribution in [0.25, 0.3) is 11.0 Å². The van der Waals surface area contributed by atoms with Gasteiger partial charge in [-0.05, 0) is 57.3 Å². The molecule has 1 aliphatic heterocycles. The first-order valence-corrected chi connectivity index (χ1v) is 11.8. The molecule has 0 aromatic carbocycles. The number of pyridine rings is 1. The number of ether oxygens (including phenoxy) is 1. The molecule has 0 atom stereocenters. The minimum atomic E-state index is 0.370. The smallest absolute Gasteiger partial charge is 0.156 e. The average Bonchev–Trinajstić information content (AvgIpc) is 3.41. The normalized spacial score (nSPS) is 16.0. The zero-order chi connectivity index (χ0) is 21.1. The molecule has 0 radical (unpaired) electrons. The summed E-state index contributed by atoms with van der Waals surface area (Å²) in [6.45, 7) is 9.21. The van der Waals surface area contributed by atoms with E-state index >= 15 is 0 Å². The first kappa shape index (κ1) is 21.3. The number of likely N-dealkylation sites (tertiary alicyclic amines) is 1. The Morgan fingerprint density at radius 1 is 1.30 bits per heavy atom. The van der Waals surface area contributed by atoms with Crippen molar-refractivity contribution in [3.05, 3.63) is 40.5 Å². The summed E-state index contributed by atoms with van der Waals surface area (Å²) in [4.78, 5) is 16.1. The van der Waals surface area contributed by atoms with Crippen molar-refractivity contribution in [2.75, 3.05) is 45.3 Å². The third-order valence-corrected chi connectivity index (χ3v) is 6.94. The quantitative estimate of drug-likeness (QED) is 0.528. The molecule has 4 rings (SSSR count). The second kappa shape index (κ2) is 9.45. The first-order chi connectivity index (χ1) is 14.6. The molecule has 30 heavy (non-hydrogen) atoms. The molecule has 0 unspecified atom stereocenters. The first-order valence-electron chi connectivity index (χ1n) is 10.9. The van der Waals surface area contributed by atoms with Crippen molar-refractivity contribution in [1.82, 2.24) is 19.4 Å². The summed E-state index contributed by atoms with van der Waals surface area (Å²) in [6, 6.07) is 7.04. The molecule has 0 saturated carbocycles. The number of rotatable bonds is 8. The van der Waals surface area contributed by atoms with E-state index in [4.69, 9.17) is 14.7 Å². The number of fused-ring (bicyclic) bond motifs is 1. The number of piperidine rings is 1. The summed E-state index contributed by atoms with van der Waals surface area (Å²) in [5, 5.41) is 2.17. The average molecular weight is 428 g/mol. The van der Waals surface area contributed by atoms with Gasteiger partial charge in [-0.1, -0.05) is 6.07 Å². The fraction of sp³-hybridized carbons (Fsp3) is 0.565. The number of nitrogens with zero attached hydrogens (tertiary/aromatic N) is 5. The topological polar surface area (TPSA) is 46.4 Å². The number of anilines is 1. The Balaban J connectivity index is 1.58. The van der Waals surface area contributed by atoms with E-state index in [1.807, 2.05) is 17.7 Å². The zero-order valence-corrected chi connectivity index (χ0v) is 19.4. The molecular formula is C23H33N5OS. The molecule has 162 valence electrons. The number of hydrogen-bond acceptors (Lipinski definition) is 6. The summed E-state index contributed by atoms with van der Waals surface area (Å²) in [5.74, 6) is 1.47. The minimum Gasteiger partial charge on any atom is -0.383 e. The van der Waals surface area contributed by atoms with Gasteiger partial charge in [0.15, 0.2) is 5.82 Å². The molecule has 1 fully saturated rings. The summed E-state index contributed by atoms with van der Waals surface area (Å²) < 4.78 is 7.56. The van der Waals surface area contributed by atoms with Crippen LogP contribution in [0.1, 0.15) is 49.2 Å². The zero-order valence-electron chi connectivity index (χ0n) is 18.5. The van der Waals surface area contributed by atoms with E-state index in [0.717, 1.165) is 50.4 Å². The van der Waals surface area contributed by atoms with Gasteiger partial charge in [-0.2, -0.15) is 0 Å². The van der Waals surface area contributed by atoms with Crippen LogP contribution in [0.4, 0.5) is 5.82 Å². The number of imidazole rings is 1. The number of methoxy groups -OCH3 is 1. The van der Waals surface area contributed by atoms with E-state index in [0.29, 0.717) is 18.6 Å². The Morgan fingerprint density at radius 2 is 2.10 bits per heavy atom. The minimum absolute atomic E-state index is 0.370. The van der Waals surface area contributed by atoms with Crippen LogP contribution in [0.2, 0.25) is 0 Å². The molecule has 3 aromatic rings. The maximum atomic E-state index is 5.29. The van der Waals surface area contributed by atoms with Crippen LogP contribution < -0.4 is 4.90 Å².